The molecule has 0 saturated heterocycles. The summed E-state index contributed by atoms with van der Waals surface area (Å²) in [7, 11) is 1.30. The van der Waals surface area contributed by atoms with Gasteiger partial charge in [-0.1, -0.05) is 49.5 Å². The van der Waals surface area contributed by atoms with Gasteiger partial charge in [-0.3, -0.25) is 19.7 Å². The van der Waals surface area contributed by atoms with E-state index in [2.05, 4.69) is 5.32 Å². The zero-order valence-corrected chi connectivity index (χ0v) is 21.4. The van der Waals surface area contributed by atoms with Crippen LogP contribution in [-0.4, -0.2) is 47.9 Å². The summed E-state index contributed by atoms with van der Waals surface area (Å²) in [5, 5.41) is 14.7. The van der Waals surface area contributed by atoms with Gasteiger partial charge in [-0.15, -0.1) is 0 Å². The van der Waals surface area contributed by atoms with Gasteiger partial charge in [0.2, 0.25) is 11.7 Å². The van der Waals surface area contributed by atoms with Gasteiger partial charge >= 0.3 is 5.69 Å². The van der Waals surface area contributed by atoms with Gasteiger partial charge < -0.3 is 19.7 Å². The van der Waals surface area contributed by atoms with Crippen LogP contribution in [0.25, 0.3) is 0 Å². The SMILES string of the molecule is CCCCNC(=O)[C@@H](CC)N(Cc1c(Cl)cccc1Cl)C(=O)COc1ccc([N+](=O)[O-])c(OC)c1. The Morgan fingerprint density at radius 2 is 1.86 bits per heavy atom. The molecule has 9 nitrogen and oxygen atoms in total. The molecule has 35 heavy (non-hydrogen) atoms. The molecule has 2 aromatic carbocycles. The van der Waals surface area contributed by atoms with Crippen LogP contribution in [0.2, 0.25) is 10.0 Å². The van der Waals surface area contributed by atoms with Gasteiger partial charge in [0, 0.05) is 40.8 Å². The van der Waals surface area contributed by atoms with Crippen molar-refractivity contribution < 1.29 is 24.0 Å². The molecule has 0 fully saturated rings. The summed E-state index contributed by atoms with van der Waals surface area (Å²) >= 11 is 12.7. The predicted molar refractivity (Wildman–Crippen MR) is 134 cm³/mol. The molecular weight excluding hydrogens is 497 g/mol. The normalized spacial score (nSPS) is 11.5. The number of nitrogens with zero attached hydrogens (tertiary/aromatic N) is 2. The third-order valence-electron chi connectivity index (χ3n) is 5.32. The number of hydrogen-bond acceptors (Lipinski definition) is 6. The van der Waals surface area contributed by atoms with Gasteiger partial charge in [-0.2, -0.15) is 0 Å². The van der Waals surface area contributed by atoms with Crippen LogP contribution in [0.15, 0.2) is 36.4 Å². The van der Waals surface area contributed by atoms with Gasteiger partial charge in [0.25, 0.3) is 5.91 Å². The van der Waals surface area contributed by atoms with Crippen LogP contribution in [0, 0.1) is 10.1 Å². The van der Waals surface area contributed by atoms with Crippen LogP contribution >= 0.6 is 23.2 Å². The Bertz CT molecular complexity index is 1030. The van der Waals surface area contributed by atoms with Crippen molar-refractivity contribution in [3.63, 3.8) is 0 Å². The smallest absolute Gasteiger partial charge is 0.311 e. The molecule has 2 aromatic rings. The monoisotopic (exact) mass is 525 g/mol. The van der Waals surface area contributed by atoms with E-state index in [0.29, 0.717) is 28.6 Å². The fraction of sp³-hybridized carbons (Fsp3) is 0.417. The number of rotatable bonds is 13. The highest BCUT2D eigenvalue weighted by molar-refractivity contribution is 6.36. The van der Waals surface area contributed by atoms with Crippen molar-refractivity contribution in [1.82, 2.24) is 10.2 Å². The number of nitrogens with one attached hydrogen (secondary N) is 1. The summed E-state index contributed by atoms with van der Waals surface area (Å²) in [5.41, 5.74) is 0.289. The van der Waals surface area contributed by atoms with Crippen LogP contribution in [0.1, 0.15) is 38.7 Å². The Morgan fingerprint density at radius 3 is 2.43 bits per heavy atom. The minimum absolute atomic E-state index is 0.00129. The van der Waals surface area contributed by atoms with Crippen molar-refractivity contribution >= 4 is 40.7 Å². The van der Waals surface area contributed by atoms with Crippen molar-refractivity contribution in [2.75, 3.05) is 20.3 Å². The molecule has 0 heterocycles. The molecule has 2 rings (SSSR count). The first-order valence-electron chi connectivity index (χ1n) is 11.2. The van der Waals surface area contributed by atoms with Crippen LogP contribution in [-0.2, 0) is 16.1 Å². The number of carbonyl (C=O) groups is 2. The second kappa shape index (κ2) is 13.7. The minimum atomic E-state index is -0.776. The minimum Gasteiger partial charge on any atom is -0.490 e. The zero-order chi connectivity index (χ0) is 26.0. The summed E-state index contributed by atoms with van der Waals surface area (Å²) in [5.74, 6) is -0.552. The van der Waals surface area contributed by atoms with Crippen molar-refractivity contribution in [3.05, 3.63) is 62.1 Å². The number of nitro benzene ring substituents is 1. The summed E-state index contributed by atoms with van der Waals surface area (Å²) in [6.07, 6.45) is 2.09. The fourth-order valence-corrected chi connectivity index (χ4v) is 3.92. The molecule has 0 aliphatic carbocycles. The summed E-state index contributed by atoms with van der Waals surface area (Å²) in [6, 6.07) is 8.17. The van der Waals surface area contributed by atoms with Gasteiger partial charge in [0.1, 0.15) is 11.8 Å². The fourth-order valence-electron chi connectivity index (χ4n) is 3.41. The van der Waals surface area contributed by atoms with E-state index in [1.54, 1.807) is 25.1 Å². The molecule has 0 spiro atoms. The van der Waals surface area contributed by atoms with Crippen molar-refractivity contribution in [1.29, 1.82) is 0 Å². The van der Waals surface area contributed by atoms with Gasteiger partial charge in [0.05, 0.1) is 12.0 Å². The molecule has 190 valence electrons. The van der Waals surface area contributed by atoms with E-state index in [1.807, 2.05) is 6.92 Å². The number of halogens is 2. The highest BCUT2D eigenvalue weighted by atomic mass is 35.5. The van der Waals surface area contributed by atoms with Crippen LogP contribution in [0.5, 0.6) is 11.5 Å². The van der Waals surface area contributed by atoms with Crippen LogP contribution < -0.4 is 14.8 Å². The summed E-state index contributed by atoms with van der Waals surface area (Å²) < 4.78 is 10.6. The topological polar surface area (TPSA) is 111 Å². The largest absolute Gasteiger partial charge is 0.490 e. The molecule has 0 unspecified atom stereocenters. The number of benzene rings is 2. The molecule has 0 aliphatic rings. The second-order valence-electron chi connectivity index (χ2n) is 7.67. The standard InChI is InChI=1S/C24H29Cl2N3O6/c1-4-6-12-27-24(31)20(5-2)28(14-17-18(25)8-7-9-19(17)26)23(30)15-35-16-10-11-21(29(32)33)22(13-16)34-3/h7-11,13,20H,4-6,12,14-15H2,1-3H3,(H,27,31)/t20-/m1/s1. The Kier molecular flexibility index (Phi) is 11.1. The first-order valence-corrected chi connectivity index (χ1v) is 11.9. The quantitative estimate of drug-likeness (QED) is 0.223. The van der Waals surface area contributed by atoms with Crippen LogP contribution in [0.3, 0.4) is 0 Å². The van der Waals surface area contributed by atoms with Crippen molar-refractivity contribution in [3.8, 4) is 11.5 Å². The zero-order valence-electron chi connectivity index (χ0n) is 19.9. The van der Waals surface area contributed by atoms with E-state index in [9.17, 15) is 19.7 Å². The Morgan fingerprint density at radius 1 is 1.17 bits per heavy atom. The Hall–Kier alpha value is -3.04. The molecule has 0 bridgehead atoms. The number of nitro groups is 1. The maximum absolute atomic E-state index is 13.3. The lowest BCUT2D eigenvalue weighted by molar-refractivity contribution is -0.385. The first-order chi connectivity index (χ1) is 16.7. The van der Waals surface area contributed by atoms with Crippen molar-refractivity contribution in [2.45, 2.75) is 45.7 Å². The number of amides is 2. The number of carbonyl (C=O) groups excluding carboxylic acids is 2. The van der Waals surface area contributed by atoms with E-state index in [0.717, 1.165) is 12.8 Å². The Balaban J connectivity index is 2.28. The van der Waals surface area contributed by atoms with E-state index in [-0.39, 0.29) is 29.6 Å². The lowest BCUT2D eigenvalue weighted by Crippen LogP contribution is -2.50. The molecule has 2 amide bonds. The number of hydrogen-bond donors (Lipinski definition) is 1. The van der Waals surface area contributed by atoms with E-state index in [1.165, 1.54) is 30.2 Å². The molecule has 1 atom stereocenters. The second-order valence-corrected chi connectivity index (χ2v) is 8.48. The van der Waals surface area contributed by atoms with Crippen LogP contribution in [0.4, 0.5) is 5.69 Å². The average molecular weight is 526 g/mol. The molecule has 11 heteroatoms. The number of methoxy groups -OCH3 is 1. The predicted octanol–water partition coefficient (Wildman–Crippen LogP) is 5.01. The van der Waals surface area contributed by atoms with E-state index in [4.69, 9.17) is 32.7 Å². The summed E-state index contributed by atoms with van der Waals surface area (Å²) in [4.78, 5) is 38.1. The summed E-state index contributed by atoms with van der Waals surface area (Å²) in [6.45, 7) is 3.91. The molecule has 0 radical (unpaired) electrons. The Labute approximate surface area is 214 Å². The number of ether oxygens (including phenoxy) is 2. The lowest BCUT2D eigenvalue weighted by Gasteiger charge is -2.31. The maximum Gasteiger partial charge on any atom is 0.311 e. The average Bonchev–Trinajstić information content (AvgIpc) is 2.83. The highest BCUT2D eigenvalue weighted by Crippen LogP contribution is 2.31. The molecule has 0 saturated carbocycles. The molecule has 0 aromatic heterocycles. The van der Waals surface area contributed by atoms with Gasteiger partial charge in [-0.25, -0.2) is 0 Å². The van der Waals surface area contributed by atoms with Gasteiger partial charge in [0.15, 0.2) is 6.61 Å². The third kappa shape index (κ3) is 7.73. The van der Waals surface area contributed by atoms with E-state index < -0.39 is 23.5 Å². The molecule has 0 aliphatic heterocycles. The van der Waals surface area contributed by atoms with Gasteiger partial charge in [-0.05, 0) is 31.0 Å². The highest BCUT2D eigenvalue weighted by Gasteiger charge is 2.30. The third-order valence-corrected chi connectivity index (χ3v) is 6.02. The lowest BCUT2D eigenvalue weighted by atomic mass is 10.1. The first kappa shape index (κ1) is 28.2. The van der Waals surface area contributed by atoms with E-state index >= 15 is 0 Å². The molecular formula is C24H29Cl2N3O6. The molecule has 1 N–H and O–H groups in total. The number of unbranched alkanes of at least 4 members (excludes halogenated alkanes) is 1. The maximum atomic E-state index is 13.3. The van der Waals surface area contributed by atoms with Crippen molar-refractivity contribution in [2.24, 2.45) is 0 Å².